The average molecular weight is 690 g/mol. The fourth-order valence-corrected chi connectivity index (χ4v) is 5.55. The third-order valence-electron chi connectivity index (χ3n) is 8.54. The molecule has 2 aliphatic rings. The van der Waals surface area contributed by atoms with Crippen LogP contribution in [0, 0.1) is 26.7 Å². The Kier molecular flexibility index (Phi) is 24.8. The maximum atomic E-state index is 10.6. The van der Waals surface area contributed by atoms with E-state index in [-0.39, 0.29) is 27.3 Å². The summed E-state index contributed by atoms with van der Waals surface area (Å²) >= 11 is 0. The summed E-state index contributed by atoms with van der Waals surface area (Å²) in [6.45, 7) is 10.7. The molecule has 6 radical (unpaired) electrons. The van der Waals surface area contributed by atoms with Gasteiger partial charge in [-0.1, -0.05) is 120 Å². The summed E-state index contributed by atoms with van der Waals surface area (Å²) in [5.41, 5.74) is 3.91. The molecule has 0 spiro atoms. The van der Waals surface area contributed by atoms with Gasteiger partial charge in [0.05, 0.1) is 23.3 Å². The van der Waals surface area contributed by atoms with Gasteiger partial charge in [-0.3, -0.25) is 4.79 Å². The van der Waals surface area contributed by atoms with Crippen LogP contribution in [0.25, 0.3) is 0 Å². The standard InChI is InChI=1S/3C8H8O2.C6H10B3O2.C5H10B3.2CH4/c1-6-2-4-7(5-3-6)8(9)10;1-6-3-2-4-7(5-6)8(9)10;1-6-4-2-3-5-7(6)8(9)10;1-4-2-3-5(6(10)11)9(4)8-7;1-5-2-3-8(4-5)7-6;;/h3*2-5H,1H3,(H,9,10);4-5H,2-3H2,1H3,(H,10,11);5H,2-4H2,1H3;2*1H4/t;;;4?,5-;;;/m...0.../s1. The largest absolute Gasteiger partial charge is 0.482 e. The van der Waals surface area contributed by atoms with E-state index in [9.17, 15) is 19.2 Å². The molecule has 14 heteroatoms. The number of hydrogen-bond donors (Lipinski definition) is 4. The minimum atomic E-state index is -0.875. The summed E-state index contributed by atoms with van der Waals surface area (Å²) < 4.78 is 0. The first-order valence-corrected chi connectivity index (χ1v) is 16.3. The first-order chi connectivity index (χ1) is 23.1. The lowest BCUT2D eigenvalue weighted by Gasteiger charge is -2.13. The van der Waals surface area contributed by atoms with Crippen LogP contribution < -0.4 is 0 Å². The van der Waals surface area contributed by atoms with E-state index in [0.717, 1.165) is 42.1 Å². The van der Waals surface area contributed by atoms with Crippen LogP contribution in [-0.4, -0.2) is 87.1 Å². The van der Waals surface area contributed by atoms with Gasteiger partial charge in [-0.15, -0.1) is 0 Å². The molecule has 2 aliphatic heterocycles. The quantitative estimate of drug-likeness (QED) is 0.194. The predicted molar refractivity (Wildman–Crippen MR) is 216 cm³/mol. The SMILES string of the molecule is C.C.Cc1ccc(C(=O)O)cc1.Cc1cccc(C(=O)O)c1.Cc1ccccc1C(=O)O.[B][B]B1C(C)CC[C@H]1C(=O)O.[B][B]B1CCC(C)C1. The Morgan fingerprint density at radius 2 is 1.27 bits per heavy atom. The van der Waals surface area contributed by atoms with Crippen LogP contribution in [0.1, 0.15) is 95.7 Å². The summed E-state index contributed by atoms with van der Waals surface area (Å²) in [5.74, 6) is -2.21. The highest BCUT2D eigenvalue weighted by Gasteiger charge is 2.38. The Balaban J connectivity index is 0. The Hall–Kier alpha value is -4.07. The molecule has 0 aromatic heterocycles. The number of aryl methyl sites for hydroxylation is 3. The van der Waals surface area contributed by atoms with Gasteiger partial charge in [0.2, 0.25) is 0 Å². The van der Waals surface area contributed by atoms with Crippen molar-refractivity contribution in [2.24, 2.45) is 5.92 Å². The van der Waals surface area contributed by atoms with Gasteiger partial charge in [0.25, 0.3) is 5.97 Å². The Morgan fingerprint density at radius 3 is 1.63 bits per heavy atom. The van der Waals surface area contributed by atoms with Crippen molar-refractivity contribution >= 4 is 66.7 Å². The van der Waals surface area contributed by atoms with Crippen molar-refractivity contribution in [1.29, 1.82) is 0 Å². The lowest BCUT2D eigenvalue weighted by molar-refractivity contribution is -0.136. The predicted octanol–water partition coefficient (Wildman–Crippen LogP) is 7.56. The number of carbonyl (C=O) groups is 4. The zero-order chi connectivity index (χ0) is 37.1. The monoisotopic (exact) mass is 690 g/mol. The molecule has 51 heavy (non-hydrogen) atoms. The number of aliphatic carboxylic acids is 1. The molecule has 0 aliphatic carbocycles. The van der Waals surface area contributed by atoms with Crippen molar-refractivity contribution in [3.63, 3.8) is 0 Å². The third kappa shape index (κ3) is 18.7. The molecule has 3 aromatic carbocycles. The van der Waals surface area contributed by atoms with Gasteiger partial charge in [-0.05, 0) is 63.1 Å². The smallest absolute Gasteiger partial charge is 0.335 e. The van der Waals surface area contributed by atoms with Gasteiger partial charge in [-0.2, -0.15) is 0 Å². The number of benzene rings is 3. The average Bonchev–Trinajstić information content (AvgIpc) is 3.67. The van der Waals surface area contributed by atoms with E-state index in [1.807, 2.05) is 33.0 Å². The van der Waals surface area contributed by atoms with Crippen LogP contribution in [0.2, 0.25) is 24.3 Å². The van der Waals surface area contributed by atoms with Crippen LogP contribution >= 0.6 is 0 Å². The number of aromatic carboxylic acids is 3. The van der Waals surface area contributed by atoms with Crippen molar-refractivity contribution in [2.75, 3.05) is 0 Å². The molecule has 3 atom stereocenters. The van der Waals surface area contributed by atoms with E-state index in [1.165, 1.54) is 26.1 Å². The van der Waals surface area contributed by atoms with Crippen LogP contribution in [-0.2, 0) is 4.79 Å². The molecule has 8 nitrogen and oxygen atoms in total. The van der Waals surface area contributed by atoms with Gasteiger partial charge in [0.1, 0.15) is 6.60 Å². The molecule has 0 amide bonds. The summed E-state index contributed by atoms with van der Waals surface area (Å²) in [5, 5.41) is 34.3. The molecule has 2 unspecified atom stereocenters. The molecular weight excluding hydrogens is 637 g/mol. The molecule has 4 N–H and O–H groups in total. The van der Waals surface area contributed by atoms with E-state index in [1.54, 1.807) is 67.6 Å². The fraction of sp³-hybridized carbons (Fsp3) is 0.405. The topological polar surface area (TPSA) is 149 Å². The first-order valence-electron chi connectivity index (χ1n) is 16.3. The molecule has 2 heterocycles. The molecule has 3 aromatic rings. The Labute approximate surface area is 310 Å². The fourth-order valence-electron chi connectivity index (χ4n) is 5.55. The number of carboxylic acid groups (broad SMARTS) is 4. The van der Waals surface area contributed by atoms with Crippen molar-refractivity contribution in [3.8, 4) is 0 Å². The first kappa shape index (κ1) is 49.0. The summed E-state index contributed by atoms with van der Waals surface area (Å²) in [7, 11) is 14.1. The van der Waals surface area contributed by atoms with Crippen LogP contribution in [0.15, 0.2) is 72.8 Å². The highest BCUT2D eigenvalue weighted by atomic mass is 16.4. The van der Waals surface area contributed by atoms with Gasteiger partial charge in [0.15, 0.2) is 0 Å². The normalized spacial score (nSPS) is 16.5. The second-order valence-corrected chi connectivity index (χ2v) is 12.6. The van der Waals surface area contributed by atoms with Crippen LogP contribution in [0.4, 0.5) is 0 Å². The van der Waals surface area contributed by atoms with Gasteiger partial charge in [0, 0.05) is 35.4 Å². The van der Waals surface area contributed by atoms with Crippen molar-refractivity contribution in [3.05, 3.63) is 106 Å². The number of hydrogen-bond acceptors (Lipinski definition) is 4. The summed E-state index contributed by atoms with van der Waals surface area (Å²) in [4.78, 5) is 41.7. The van der Waals surface area contributed by atoms with E-state index >= 15 is 0 Å². The molecule has 2 saturated heterocycles. The third-order valence-corrected chi connectivity index (χ3v) is 8.54. The second-order valence-electron chi connectivity index (χ2n) is 12.6. The highest BCUT2D eigenvalue weighted by Crippen LogP contribution is 2.37. The number of carboxylic acids is 4. The minimum absolute atomic E-state index is 0. The number of rotatable bonds is 6. The molecule has 0 saturated carbocycles. The summed E-state index contributed by atoms with van der Waals surface area (Å²) in [6.07, 6.45) is 5.76. The lowest BCUT2D eigenvalue weighted by Crippen LogP contribution is -2.31. The zero-order valence-corrected chi connectivity index (χ0v) is 29.1. The van der Waals surface area contributed by atoms with E-state index in [4.69, 9.17) is 35.9 Å². The van der Waals surface area contributed by atoms with Crippen molar-refractivity contribution in [1.82, 2.24) is 0 Å². The van der Waals surface area contributed by atoms with Crippen molar-refractivity contribution in [2.45, 2.75) is 93.0 Å². The van der Waals surface area contributed by atoms with Crippen LogP contribution in [0.3, 0.4) is 0 Å². The van der Waals surface area contributed by atoms with Crippen molar-refractivity contribution < 1.29 is 39.6 Å². The Bertz CT molecular complexity index is 1490. The maximum Gasteiger partial charge on any atom is 0.335 e. The highest BCUT2D eigenvalue weighted by molar-refractivity contribution is 7.33. The van der Waals surface area contributed by atoms with E-state index in [2.05, 4.69) is 13.8 Å². The van der Waals surface area contributed by atoms with E-state index in [0.29, 0.717) is 22.5 Å². The zero-order valence-electron chi connectivity index (χ0n) is 29.1. The van der Waals surface area contributed by atoms with Gasteiger partial charge >= 0.3 is 17.9 Å². The second kappa shape index (κ2) is 25.8. The molecular formula is C37H52B6O8. The summed E-state index contributed by atoms with van der Waals surface area (Å²) in [6, 6.07) is 20.5. The molecule has 266 valence electrons. The van der Waals surface area contributed by atoms with E-state index < -0.39 is 23.9 Å². The molecule has 0 bridgehead atoms. The lowest BCUT2D eigenvalue weighted by atomic mass is 9.08. The van der Waals surface area contributed by atoms with Gasteiger partial charge < -0.3 is 20.4 Å². The minimum Gasteiger partial charge on any atom is -0.482 e. The maximum absolute atomic E-state index is 10.6. The Morgan fingerprint density at radius 1 is 0.686 bits per heavy atom. The molecule has 5 rings (SSSR count). The molecule has 2 fully saturated rings. The van der Waals surface area contributed by atoms with Gasteiger partial charge in [-0.25, -0.2) is 14.4 Å². The van der Waals surface area contributed by atoms with Crippen LogP contribution in [0.5, 0.6) is 0 Å².